The third kappa shape index (κ3) is 2.62. The molecule has 4 heteroatoms. The quantitative estimate of drug-likeness (QED) is 0.366. The molecule has 0 spiro atoms. The van der Waals surface area contributed by atoms with Gasteiger partial charge in [-0.1, -0.05) is 34.1 Å². The van der Waals surface area contributed by atoms with E-state index in [0.717, 1.165) is 43.3 Å². The Bertz CT molecular complexity index is 1010. The van der Waals surface area contributed by atoms with Gasteiger partial charge in [0, 0.05) is 26.6 Å². The number of pyridine rings is 1. The fourth-order valence-electron chi connectivity index (χ4n) is 2.72. The number of aromatic nitrogens is 1. The average molecular weight is 364 g/mol. The standard InChI is InChI=1S/C19H14BrN3/c20-12-5-8-14(9-6-12)22-19-15-3-1-2-4-17(15)23-18-11-13(21)7-10-16(18)19/h1-11H,21H2,(H,22,23). The van der Waals surface area contributed by atoms with Gasteiger partial charge in [-0.15, -0.1) is 0 Å². The molecule has 3 aromatic carbocycles. The van der Waals surface area contributed by atoms with E-state index in [-0.39, 0.29) is 0 Å². The molecular formula is C19H14BrN3. The summed E-state index contributed by atoms with van der Waals surface area (Å²) in [5.74, 6) is 0. The second-order valence-corrected chi connectivity index (χ2v) is 6.33. The topological polar surface area (TPSA) is 50.9 Å². The highest BCUT2D eigenvalue weighted by Gasteiger charge is 2.09. The van der Waals surface area contributed by atoms with Gasteiger partial charge < -0.3 is 11.1 Å². The Morgan fingerprint density at radius 3 is 2.39 bits per heavy atom. The normalized spacial score (nSPS) is 11.0. The summed E-state index contributed by atoms with van der Waals surface area (Å²) in [4.78, 5) is 4.73. The van der Waals surface area contributed by atoms with Crippen molar-refractivity contribution in [2.24, 2.45) is 0 Å². The third-order valence-electron chi connectivity index (χ3n) is 3.82. The Kier molecular flexibility index (Phi) is 3.39. The second kappa shape index (κ2) is 5.56. The number of halogens is 1. The number of benzene rings is 3. The van der Waals surface area contributed by atoms with Crippen LogP contribution in [0, 0.1) is 0 Å². The monoisotopic (exact) mass is 363 g/mol. The van der Waals surface area contributed by atoms with Crippen LogP contribution in [-0.4, -0.2) is 4.98 Å². The largest absolute Gasteiger partial charge is 0.399 e. The number of hydrogen-bond acceptors (Lipinski definition) is 3. The molecule has 1 heterocycles. The minimum absolute atomic E-state index is 0.717. The summed E-state index contributed by atoms with van der Waals surface area (Å²) in [5.41, 5.74) is 10.6. The molecule has 3 N–H and O–H groups in total. The average Bonchev–Trinajstić information content (AvgIpc) is 2.56. The SMILES string of the molecule is Nc1ccc2c(Nc3ccc(Br)cc3)c3ccccc3nc2c1. The van der Waals surface area contributed by atoms with Crippen LogP contribution in [-0.2, 0) is 0 Å². The van der Waals surface area contributed by atoms with Crippen molar-refractivity contribution in [3.8, 4) is 0 Å². The molecule has 0 saturated heterocycles. The van der Waals surface area contributed by atoms with Gasteiger partial charge in [-0.05, 0) is 48.5 Å². The van der Waals surface area contributed by atoms with Crippen molar-refractivity contribution >= 4 is 54.8 Å². The number of anilines is 3. The van der Waals surface area contributed by atoms with Crippen LogP contribution in [0.15, 0.2) is 71.2 Å². The number of para-hydroxylation sites is 1. The number of rotatable bonds is 2. The highest BCUT2D eigenvalue weighted by atomic mass is 79.9. The van der Waals surface area contributed by atoms with Gasteiger partial charge in [0.15, 0.2) is 0 Å². The van der Waals surface area contributed by atoms with E-state index in [4.69, 9.17) is 10.7 Å². The van der Waals surface area contributed by atoms with E-state index in [0.29, 0.717) is 0 Å². The number of nitrogens with two attached hydrogens (primary N) is 1. The predicted octanol–water partition coefficient (Wildman–Crippen LogP) is 5.48. The van der Waals surface area contributed by atoms with E-state index in [2.05, 4.69) is 27.3 Å². The lowest BCUT2D eigenvalue weighted by Crippen LogP contribution is -1.96. The summed E-state index contributed by atoms with van der Waals surface area (Å²) in [5, 5.41) is 5.68. The zero-order valence-corrected chi connectivity index (χ0v) is 13.8. The predicted molar refractivity (Wildman–Crippen MR) is 101 cm³/mol. The van der Waals surface area contributed by atoms with Crippen LogP contribution in [0.3, 0.4) is 0 Å². The summed E-state index contributed by atoms with van der Waals surface area (Å²) >= 11 is 3.47. The molecule has 23 heavy (non-hydrogen) atoms. The van der Waals surface area contributed by atoms with Gasteiger partial charge in [-0.2, -0.15) is 0 Å². The zero-order chi connectivity index (χ0) is 15.8. The number of fused-ring (bicyclic) bond motifs is 2. The van der Waals surface area contributed by atoms with Crippen LogP contribution in [0.25, 0.3) is 21.8 Å². The molecule has 0 amide bonds. The van der Waals surface area contributed by atoms with Crippen molar-refractivity contribution in [2.45, 2.75) is 0 Å². The molecule has 0 radical (unpaired) electrons. The first-order valence-corrected chi connectivity index (χ1v) is 8.10. The van der Waals surface area contributed by atoms with Gasteiger partial charge >= 0.3 is 0 Å². The molecular weight excluding hydrogens is 350 g/mol. The second-order valence-electron chi connectivity index (χ2n) is 5.41. The molecule has 4 rings (SSSR count). The molecule has 0 atom stereocenters. The first-order chi connectivity index (χ1) is 11.2. The molecule has 0 bridgehead atoms. The minimum Gasteiger partial charge on any atom is -0.399 e. The first kappa shape index (κ1) is 14.0. The number of hydrogen-bond donors (Lipinski definition) is 2. The van der Waals surface area contributed by atoms with Crippen LogP contribution in [0.1, 0.15) is 0 Å². The lowest BCUT2D eigenvalue weighted by Gasteiger charge is -2.13. The van der Waals surface area contributed by atoms with Gasteiger partial charge in [0.25, 0.3) is 0 Å². The van der Waals surface area contributed by atoms with Crippen molar-refractivity contribution in [2.75, 3.05) is 11.1 Å². The van der Waals surface area contributed by atoms with Gasteiger partial charge in [0.1, 0.15) is 0 Å². The van der Waals surface area contributed by atoms with Gasteiger partial charge in [-0.3, -0.25) is 0 Å². The highest BCUT2D eigenvalue weighted by molar-refractivity contribution is 9.10. The van der Waals surface area contributed by atoms with Crippen LogP contribution in [0.2, 0.25) is 0 Å². The number of nitrogen functional groups attached to an aromatic ring is 1. The summed E-state index contributed by atoms with van der Waals surface area (Å²) in [6.45, 7) is 0. The highest BCUT2D eigenvalue weighted by Crippen LogP contribution is 2.34. The van der Waals surface area contributed by atoms with Crippen molar-refractivity contribution in [3.63, 3.8) is 0 Å². The van der Waals surface area contributed by atoms with Crippen LogP contribution >= 0.6 is 15.9 Å². The molecule has 1 aromatic heterocycles. The fraction of sp³-hybridized carbons (Fsp3) is 0. The zero-order valence-electron chi connectivity index (χ0n) is 12.3. The smallest absolute Gasteiger partial charge is 0.0751 e. The van der Waals surface area contributed by atoms with E-state index >= 15 is 0 Å². The van der Waals surface area contributed by atoms with Gasteiger partial charge in [0.05, 0.1) is 16.7 Å². The maximum absolute atomic E-state index is 5.92. The molecule has 112 valence electrons. The lowest BCUT2D eigenvalue weighted by molar-refractivity contribution is 1.48. The summed E-state index contributed by atoms with van der Waals surface area (Å²) < 4.78 is 1.06. The minimum atomic E-state index is 0.717. The summed E-state index contributed by atoms with van der Waals surface area (Å²) in [7, 11) is 0. The van der Waals surface area contributed by atoms with E-state index < -0.39 is 0 Å². The van der Waals surface area contributed by atoms with E-state index in [9.17, 15) is 0 Å². The molecule has 3 nitrogen and oxygen atoms in total. The van der Waals surface area contributed by atoms with E-state index in [1.807, 2.05) is 60.7 Å². The lowest BCUT2D eigenvalue weighted by atomic mass is 10.1. The van der Waals surface area contributed by atoms with Gasteiger partial charge in [0.2, 0.25) is 0 Å². The fourth-order valence-corrected chi connectivity index (χ4v) is 2.99. The number of nitrogens with zero attached hydrogens (tertiary/aromatic N) is 1. The van der Waals surface area contributed by atoms with Crippen LogP contribution in [0.4, 0.5) is 17.1 Å². The van der Waals surface area contributed by atoms with Crippen molar-refractivity contribution in [1.29, 1.82) is 0 Å². The number of nitrogens with one attached hydrogen (secondary N) is 1. The molecule has 4 aromatic rings. The summed E-state index contributed by atoms with van der Waals surface area (Å²) in [6, 6.07) is 22.1. The molecule has 0 unspecified atom stereocenters. The molecule has 0 aliphatic rings. The Morgan fingerprint density at radius 2 is 1.57 bits per heavy atom. The third-order valence-corrected chi connectivity index (χ3v) is 4.35. The van der Waals surface area contributed by atoms with Crippen molar-refractivity contribution in [1.82, 2.24) is 4.98 Å². The van der Waals surface area contributed by atoms with Crippen LogP contribution in [0.5, 0.6) is 0 Å². The summed E-state index contributed by atoms with van der Waals surface area (Å²) in [6.07, 6.45) is 0. The first-order valence-electron chi connectivity index (χ1n) is 7.31. The maximum Gasteiger partial charge on any atom is 0.0751 e. The van der Waals surface area contributed by atoms with E-state index in [1.165, 1.54) is 0 Å². The Hall–Kier alpha value is -2.59. The molecule has 0 saturated carbocycles. The Labute approximate surface area is 142 Å². The van der Waals surface area contributed by atoms with Crippen LogP contribution < -0.4 is 11.1 Å². The molecule has 0 aliphatic heterocycles. The Morgan fingerprint density at radius 1 is 0.826 bits per heavy atom. The maximum atomic E-state index is 5.92. The van der Waals surface area contributed by atoms with Crippen molar-refractivity contribution < 1.29 is 0 Å². The Balaban J connectivity index is 1.98. The van der Waals surface area contributed by atoms with E-state index in [1.54, 1.807) is 0 Å². The molecule has 0 fully saturated rings. The van der Waals surface area contributed by atoms with Crippen molar-refractivity contribution in [3.05, 3.63) is 71.2 Å². The van der Waals surface area contributed by atoms with Gasteiger partial charge in [-0.25, -0.2) is 4.98 Å². The molecule has 0 aliphatic carbocycles.